The molecular formula is C23H28N4O4. The number of hydrogen-bond donors (Lipinski definition) is 3. The van der Waals surface area contributed by atoms with E-state index in [1.54, 1.807) is 24.3 Å². The van der Waals surface area contributed by atoms with Crippen molar-refractivity contribution in [1.29, 1.82) is 0 Å². The molecule has 0 spiro atoms. The van der Waals surface area contributed by atoms with Gasteiger partial charge in [-0.2, -0.15) is 5.10 Å². The first-order valence-corrected chi connectivity index (χ1v) is 10.2. The summed E-state index contributed by atoms with van der Waals surface area (Å²) in [5.74, 6) is -1.28. The third kappa shape index (κ3) is 7.93. The molecule has 2 aromatic carbocycles. The third-order valence-corrected chi connectivity index (χ3v) is 4.50. The molecule has 164 valence electrons. The number of nitrogens with one attached hydrogen (secondary N) is 3. The van der Waals surface area contributed by atoms with Crippen molar-refractivity contribution in [3.8, 4) is 5.75 Å². The highest BCUT2D eigenvalue weighted by molar-refractivity contribution is 6.35. The van der Waals surface area contributed by atoms with Crippen LogP contribution in [-0.4, -0.2) is 36.6 Å². The molecule has 0 unspecified atom stereocenters. The smallest absolute Gasteiger partial charge is 0.329 e. The lowest BCUT2D eigenvalue weighted by molar-refractivity contribution is -0.139. The normalized spacial score (nSPS) is 11.6. The van der Waals surface area contributed by atoms with Crippen LogP contribution in [0.3, 0.4) is 0 Å². The van der Waals surface area contributed by atoms with Gasteiger partial charge in [0.2, 0.25) is 0 Å². The van der Waals surface area contributed by atoms with Gasteiger partial charge in [0.1, 0.15) is 5.75 Å². The van der Waals surface area contributed by atoms with Crippen LogP contribution in [0.5, 0.6) is 5.75 Å². The van der Waals surface area contributed by atoms with Gasteiger partial charge in [-0.15, -0.1) is 0 Å². The van der Waals surface area contributed by atoms with Gasteiger partial charge < -0.3 is 15.4 Å². The number of carbonyl (C=O) groups is 3. The molecule has 31 heavy (non-hydrogen) atoms. The molecule has 0 radical (unpaired) electrons. The topological polar surface area (TPSA) is 109 Å². The molecule has 2 aromatic rings. The fraction of sp³-hybridized carbons (Fsp3) is 0.304. The van der Waals surface area contributed by atoms with Crippen molar-refractivity contribution in [2.24, 2.45) is 5.10 Å². The van der Waals surface area contributed by atoms with E-state index in [4.69, 9.17) is 4.74 Å². The van der Waals surface area contributed by atoms with E-state index >= 15 is 0 Å². The molecule has 2 rings (SSSR count). The van der Waals surface area contributed by atoms with Crippen LogP contribution >= 0.6 is 0 Å². The fourth-order valence-corrected chi connectivity index (χ4v) is 2.54. The second-order valence-electron chi connectivity index (χ2n) is 6.90. The molecule has 0 heterocycles. The van der Waals surface area contributed by atoms with Gasteiger partial charge in [-0.1, -0.05) is 32.0 Å². The van der Waals surface area contributed by atoms with Crippen molar-refractivity contribution in [3.63, 3.8) is 0 Å². The minimum Gasteiger partial charge on any atom is -0.484 e. The van der Waals surface area contributed by atoms with Crippen LogP contribution in [0.1, 0.15) is 38.3 Å². The number of ether oxygens (including phenoxy) is 1. The lowest BCUT2D eigenvalue weighted by Gasteiger charge is -2.10. The Hall–Kier alpha value is -3.68. The lowest BCUT2D eigenvalue weighted by atomic mass is 10.1. The minimum atomic E-state index is -0.827. The number of nitrogens with zero attached hydrogens (tertiary/aromatic N) is 1. The molecule has 0 bridgehead atoms. The quantitative estimate of drug-likeness (QED) is 0.327. The summed E-state index contributed by atoms with van der Waals surface area (Å²) in [5.41, 5.74) is 4.71. The standard InChI is InChI=1S/C23H28N4O4/c1-4-16(3)25-22(29)23(30)27-24-14-17-10-12-19(13-11-17)31-15-21(28)26-20-9-7-6-8-18(20)5-2/h6-14,16H,4-5,15H2,1-3H3,(H,25,29)(H,26,28)(H,27,30)/b24-14-/t16-/m1/s1. The summed E-state index contributed by atoms with van der Waals surface area (Å²) in [6, 6.07) is 14.4. The molecule has 0 fully saturated rings. The van der Waals surface area contributed by atoms with Gasteiger partial charge in [0.05, 0.1) is 6.21 Å². The largest absolute Gasteiger partial charge is 0.484 e. The lowest BCUT2D eigenvalue weighted by Crippen LogP contribution is -2.41. The Balaban J connectivity index is 1.80. The van der Waals surface area contributed by atoms with E-state index in [0.717, 1.165) is 24.1 Å². The Morgan fingerprint density at radius 3 is 2.42 bits per heavy atom. The van der Waals surface area contributed by atoms with E-state index in [9.17, 15) is 14.4 Å². The van der Waals surface area contributed by atoms with Gasteiger partial charge in [0, 0.05) is 11.7 Å². The number of para-hydroxylation sites is 1. The summed E-state index contributed by atoms with van der Waals surface area (Å²) in [4.78, 5) is 35.4. The highest BCUT2D eigenvalue weighted by Gasteiger charge is 2.14. The summed E-state index contributed by atoms with van der Waals surface area (Å²) in [6.07, 6.45) is 2.96. The summed E-state index contributed by atoms with van der Waals surface area (Å²) in [5, 5.41) is 9.18. The number of amides is 3. The van der Waals surface area contributed by atoms with Gasteiger partial charge in [-0.05, 0) is 61.2 Å². The molecule has 8 nitrogen and oxygen atoms in total. The average molecular weight is 425 g/mol. The minimum absolute atomic E-state index is 0.0850. The molecule has 8 heteroatoms. The molecule has 1 atom stereocenters. The zero-order valence-electron chi connectivity index (χ0n) is 18.0. The van der Waals surface area contributed by atoms with Crippen LogP contribution < -0.4 is 20.8 Å². The SMILES string of the molecule is CCc1ccccc1NC(=O)COc1ccc(/C=N\NC(=O)C(=O)N[C@H](C)CC)cc1. The highest BCUT2D eigenvalue weighted by Crippen LogP contribution is 2.16. The number of rotatable bonds is 9. The number of hydrogen-bond acceptors (Lipinski definition) is 5. The first-order valence-electron chi connectivity index (χ1n) is 10.2. The molecule has 0 saturated carbocycles. The number of benzene rings is 2. The summed E-state index contributed by atoms with van der Waals surface area (Å²) in [6.45, 7) is 5.63. The van der Waals surface area contributed by atoms with Crippen LogP contribution in [0.2, 0.25) is 0 Å². The second kappa shape index (κ2) is 12.1. The predicted octanol–water partition coefficient (Wildman–Crippen LogP) is 2.63. The number of anilines is 1. The molecule has 0 aliphatic heterocycles. The Morgan fingerprint density at radius 1 is 1.03 bits per heavy atom. The number of aryl methyl sites for hydroxylation is 1. The Morgan fingerprint density at radius 2 is 1.74 bits per heavy atom. The average Bonchev–Trinajstić information content (AvgIpc) is 2.78. The van der Waals surface area contributed by atoms with E-state index < -0.39 is 11.8 Å². The second-order valence-corrected chi connectivity index (χ2v) is 6.90. The number of carbonyl (C=O) groups excluding carboxylic acids is 3. The first-order chi connectivity index (χ1) is 14.9. The molecule has 3 N–H and O–H groups in total. The number of hydrazone groups is 1. The maximum atomic E-state index is 12.1. The summed E-state index contributed by atoms with van der Waals surface area (Å²) >= 11 is 0. The van der Waals surface area contributed by atoms with Gasteiger partial charge in [-0.25, -0.2) is 5.43 Å². The van der Waals surface area contributed by atoms with E-state index in [-0.39, 0.29) is 18.6 Å². The molecule has 0 saturated heterocycles. The Kier molecular flexibility index (Phi) is 9.22. The van der Waals surface area contributed by atoms with Gasteiger partial charge in [0.15, 0.2) is 6.61 Å². The predicted molar refractivity (Wildman–Crippen MR) is 120 cm³/mol. The Labute approximate surface area is 182 Å². The third-order valence-electron chi connectivity index (χ3n) is 4.50. The van der Waals surface area contributed by atoms with Crippen molar-refractivity contribution in [3.05, 3.63) is 59.7 Å². The van der Waals surface area contributed by atoms with Gasteiger partial charge in [0.25, 0.3) is 5.91 Å². The van der Waals surface area contributed by atoms with E-state index in [1.807, 2.05) is 45.0 Å². The molecular weight excluding hydrogens is 396 g/mol. The zero-order chi connectivity index (χ0) is 22.6. The van der Waals surface area contributed by atoms with Gasteiger partial charge >= 0.3 is 11.8 Å². The molecule has 0 aliphatic carbocycles. The fourth-order valence-electron chi connectivity index (χ4n) is 2.54. The van der Waals surface area contributed by atoms with E-state index in [2.05, 4.69) is 21.2 Å². The van der Waals surface area contributed by atoms with Crippen LogP contribution in [0, 0.1) is 0 Å². The van der Waals surface area contributed by atoms with Gasteiger partial charge in [-0.3, -0.25) is 14.4 Å². The Bertz CT molecular complexity index is 925. The molecule has 0 aromatic heterocycles. The van der Waals surface area contributed by atoms with Crippen LogP contribution in [0.4, 0.5) is 5.69 Å². The molecule has 0 aliphatic rings. The van der Waals surface area contributed by atoms with E-state index in [0.29, 0.717) is 11.3 Å². The van der Waals surface area contributed by atoms with Crippen molar-refractivity contribution >= 4 is 29.6 Å². The maximum absolute atomic E-state index is 12.1. The van der Waals surface area contributed by atoms with E-state index in [1.165, 1.54) is 6.21 Å². The summed E-state index contributed by atoms with van der Waals surface area (Å²) in [7, 11) is 0. The maximum Gasteiger partial charge on any atom is 0.329 e. The van der Waals surface area contributed by atoms with Crippen molar-refractivity contribution < 1.29 is 19.1 Å². The van der Waals surface area contributed by atoms with Crippen LogP contribution in [0.15, 0.2) is 53.6 Å². The van der Waals surface area contributed by atoms with Crippen LogP contribution in [-0.2, 0) is 20.8 Å². The van der Waals surface area contributed by atoms with Crippen molar-refractivity contribution in [2.75, 3.05) is 11.9 Å². The monoisotopic (exact) mass is 424 g/mol. The van der Waals surface area contributed by atoms with Crippen LogP contribution in [0.25, 0.3) is 0 Å². The molecule has 3 amide bonds. The highest BCUT2D eigenvalue weighted by atomic mass is 16.5. The zero-order valence-corrected chi connectivity index (χ0v) is 18.0. The van der Waals surface area contributed by atoms with Crippen molar-refractivity contribution in [2.45, 2.75) is 39.7 Å². The first kappa shape index (κ1) is 23.6. The summed E-state index contributed by atoms with van der Waals surface area (Å²) < 4.78 is 5.51. The van der Waals surface area contributed by atoms with Crippen molar-refractivity contribution in [1.82, 2.24) is 10.7 Å².